The highest BCUT2D eigenvalue weighted by atomic mass is 16.5. The van der Waals surface area contributed by atoms with Crippen LogP contribution in [0.2, 0.25) is 0 Å². The van der Waals surface area contributed by atoms with E-state index >= 15 is 0 Å². The van der Waals surface area contributed by atoms with E-state index in [1.807, 2.05) is 74.5 Å². The van der Waals surface area contributed by atoms with Crippen molar-refractivity contribution in [3.8, 4) is 17.2 Å². The van der Waals surface area contributed by atoms with Gasteiger partial charge in [0.05, 0.1) is 18.2 Å². The van der Waals surface area contributed by atoms with Gasteiger partial charge >= 0.3 is 5.97 Å². The molecule has 0 aromatic heterocycles. The van der Waals surface area contributed by atoms with Crippen molar-refractivity contribution in [2.24, 2.45) is 0 Å². The lowest BCUT2D eigenvalue weighted by atomic mass is 9.96. The Morgan fingerprint density at radius 2 is 1.83 bits per heavy atom. The Labute approximate surface area is 206 Å². The van der Waals surface area contributed by atoms with E-state index in [0.717, 1.165) is 17.5 Å². The summed E-state index contributed by atoms with van der Waals surface area (Å²) in [6.45, 7) is 6.32. The van der Waals surface area contributed by atoms with Gasteiger partial charge in [-0.3, -0.25) is 0 Å². The number of benzene rings is 3. The van der Waals surface area contributed by atoms with Gasteiger partial charge in [-0.1, -0.05) is 49.4 Å². The van der Waals surface area contributed by atoms with E-state index in [4.69, 9.17) is 14.2 Å². The van der Waals surface area contributed by atoms with Crippen molar-refractivity contribution < 1.29 is 24.1 Å². The van der Waals surface area contributed by atoms with Crippen LogP contribution in [0.15, 0.2) is 66.7 Å². The first-order valence-electron chi connectivity index (χ1n) is 11.7. The summed E-state index contributed by atoms with van der Waals surface area (Å²) in [5.41, 5.74) is 3.58. The third-order valence-electron chi connectivity index (χ3n) is 5.92. The van der Waals surface area contributed by atoms with Gasteiger partial charge in [-0.05, 0) is 67.8 Å². The van der Waals surface area contributed by atoms with E-state index in [-0.39, 0.29) is 11.3 Å². The average Bonchev–Trinajstić information content (AvgIpc) is 2.86. The molecular formula is C30H30O5. The zero-order valence-electron chi connectivity index (χ0n) is 20.5. The Morgan fingerprint density at radius 3 is 2.54 bits per heavy atom. The molecule has 0 spiro atoms. The smallest absolute Gasteiger partial charge is 0.338 e. The van der Waals surface area contributed by atoms with Crippen LogP contribution < -0.4 is 9.47 Å². The van der Waals surface area contributed by atoms with E-state index < -0.39 is 11.6 Å². The summed E-state index contributed by atoms with van der Waals surface area (Å²) in [5, 5.41) is 11.0. The molecule has 0 aliphatic carbocycles. The highest BCUT2D eigenvalue weighted by Gasteiger charge is 2.25. The number of phenolic OH excluding ortho intramolecular Hbond substituents is 1. The summed E-state index contributed by atoms with van der Waals surface area (Å²) in [5.74, 6) is 0.676. The monoisotopic (exact) mass is 470 g/mol. The highest BCUT2D eigenvalue weighted by molar-refractivity contribution is 6.22. The van der Waals surface area contributed by atoms with Gasteiger partial charge in [0.15, 0.2) is 0 Å². The number of aromatic hydroxyl groups is 1. The van der Waals surface area contributed by atoms with Gasteiger partial charge in [-0.2, -0.15) is 0 Å². The van der Waals surface area contributed by atoms with E-state index in [1.165, 1.54) is 7.11 Å². The molecule has 1 aliphatic heterocycles. The first-order chi connectivity index (χ1) is 16.8. The fraction of sp³-hybridized carbons (Fsp3) is 0.233. The average molecular weight is 471 g/mol. The molecule has 0 unspecified atom stereocenters. The van der Waals surface area contributed by atoms with Gasteiger partial charge in [0.2, 0.25) is 0 Å². The highest BCUT2D eigenvalue weighted by Crippen LogP contribution is 2.40. The van der Waals surface area contributed by atoms with E-state index in [1.54, 1.807) is 18.2 Å². The zero-order valence-corrected chi connectivity index (χ0v) is 20.5. The maximum Gasteiger partial charge on any atom is 0.338 e. The zero-order chi connectivity index (χ0) is 25.0. The van der Waals surface area contributed by atoms with Crippen LogP contribution in [0.1, 0.15) is 48.6 Å². The standard InChI is InChI=1S/C30H30O5/c1-5-20-11-13-23(27(17-20)34-19-21-9-7-6-8-10-21)25(29(32)33-4)18-22-12-14-26-24(28(22)31)15-16-30(2,3)35-26/h6-18,31H,5,19H2,1-4H3/b25-18-. The van der Waals surface area contributed by atoms with Crippen LogP contribution in [-0.2, 0) is 22.6 Å². The minimum atomic E-state index is -0.524. The van der Waals surface area contributed by atoms with Gasteiger partial charge in [0.25, 0.3) is 0 Å². The molecule has 0 radical (unpaired) electrons. The summed E-state index contributed by atoms with van der Waals surface area (Å²) in [6, 6.07) is 19.2. The molecule has 0 amide bonds. The summed E-state index contributed by atoms with van der Waals surface area (Å²) < 4.78 is 17.2. The van der Waals surface area contributed by atoms with Crippen LogP contribution in [0.5, 0.6) is 17.2 Å². The fourth-order valence-electron chi connectivity index (χ4n) is 3.95. The van der Waals surface area contributed by atoms with Crippen LogP contribution in [0.25, 0.3) is 17.7 Å². The second kappa shape index (κ2) is 10.1. The Morgan fingerprint density at radius 1 is 1.06 bits per heavy atom. The summed E-state index contributed by atoms with van der Waals surface area (Å²) >= 11 is 0. The van der Waals surface area contributed by atoms with Crippen LogP contribution in [-0.4, -0.2) is 23.8 Å². The predicted molar refractivity (Wildman–Crippen MR) is 138 cm³/mol. The maximum absolute atomic E-state index is 12.9. The molecule has 1 heterocycles. The molecular weight excluding hydrogens is 440 g/mol. The molecule has 0 saturated heterocycles. The van der Waals surface area contributed by atoms with Crippen LogP contribution in [0.4, 0.5) is 0 Å². The van der Waals surface area contributed by atoms with Crippen LogP contribution in [0.3, 0.4) is 0 Å². The second-order valence-electron chi connectivity index (χ2n) is 8.96. The number of hydrogen-bond donors (Lipinski definition) is 1. The molecule has 35 heavy (non-hydrogen) atoms. The molecule has 5 nitrogen and oxygen atoms in total. The molecule has 4 rings (SSSR count). The number of phenols is 1. The third kappa shape index (κ3) is 5.40. The molecule has 1 N–H and O–H groups in total. The minimum absolute atomic E-state index is 0.0348. The van der Waals surface area contributed by atoms with Crippen molar-refractivity contribution in [1.82, 2.24) is 0 Å². The molecule has 5 heteroatoms. The number of fused-ring (bicyclic) bond motifs is 1. The summed E-state index contributed by atoms with van der Waals surface area (Å²) in [4.78, 5) is 12.9. The van der Waals surface area contributed by atoms with E-state index in [9.17, 15) is 9.90 Å². The first-order valence-corrected chi connectivity index (χ1v) is 11.7. The van der Waals surface area contributed by atoms with Gasteiger partial charge in [0, 0.05) is 11.1 Å². The van der Waals surface area contributed by atoms with Gasteiger partial charge in [0.1, 0.15) is 29.5 Å². The van der Waals surface area contributed by atoms with E-state index in [2.05, 4.69) is 6.92 Å². The number of carbonyl (C=O) groups is 1. The molecule has 0 atom stereocenters. The molecule has 180 valence electrons. The van der Waals surface area contributed by atoms with Crippen LogP contribution >= 0.6 is 0 Å². The maximum atomic E-state index is 12.9. The lowest BCUT2D eigenvalue weighted by Crippen LogP contribution is -2.27. The minimum Gasteiger partial charge on any atom is -0.507 e. The lowest BCUT2D eigenvalue weighted by molar-refractivity contribution is -0.133. The summed E-state index contributed by atoms with van der Waals surface area (Å²) in [6.07, 6.45) is 6.19. The first kappa shape index (κ1) is 24.1. The Balaban J connectivity index is 1.77. The Kier molecular flexibility index (Phi) is 6.97. The summed E-state index contributed by atoms with van der Waals surface area (Å²) in [7, 11) is 1.34. The quantitative estimate of drug-likeness (QED) is 0.245. The second-order valence-corrected chi connectivity index (χ2v) is 8.96. The number of rotatable bonds is 7. The fourth-order valence-corrected chi connectivity index (χ4v) is 3.95. The number of hydrogen-bond acceptors (Lipinski definition) is 5. The largest absolute Gasteiger partial charge is 0.507 e. The van der Waals surface area contributed by atoms with Gasteiger partial charge < -0.3 is 19.3 Å². The Hall–Kier alpha value is -3.99. The van der Waals surface area contributed by atoms with Crippen molar-refractivity contribution in [1.29, 1.82) is 0 Å². The topological polar surface area (TPSA) is 65.0 Å². The lowest BCUT2D eigenvalue weighted by Gasteiger charge is -2.28. The normalized spacial score (nSPS) is 14.1. The number of aryl methyl sites for hydroxylation is 1. The predicted octanol–water partition coefficient (Wildman–Crippen LogP) is 6.43. The number of carbonyl (C=O) groups excluding carboxylic acids is 1. The molecule has 0 saturated carbocycles. The van der Waals surface area contributed by atoms with Crippen molar-refractivity contribution in [2.45, 2.75) is 39.4 Å². The van der Waals surface area contributed by atoms with Crippen molar-refractivity contribution >= 4 is 23.7 Å². The van der Waals surface area contributed by atoms with Crippen molar-refractivity contribution in [3.05, 3.63) is 94.6 Å². The Bertz CT molecular complexity index is 1290. The molecule has 1 aliphatic rings. The van der Waals surface area contributed by atoms with Gasteiger partial charge in [-0.25, -0.2) is 4.79 Å². The molecule has 3 aromatic carbocycles. The number of esters is 1. The SMILES string of the molecule is CCc1ccc(/C(=C/c2ccc3c(c2O)C=CC(C)(C)O3)C(=O)OC)c(OCc2ccccc2)c1. The van der Waals surface area contributed by atoms with Crippen LogP contribution in [0, 0.1) is 0 Å². The van der Waals surface area contributed by atoms with Crippen molar-refractivity contribution in [3.63, 3.8) is 0 Å². The van der Waals surface area contributed by atoms with E-state index in [0.29, 0.717) is 34.8 Å². The molecule has 3 aromatic rings. The molecule has 0 fully saturated rings. The number of ether oxygens (including phenoxy) is 3. The van der Waals surface area contributed by atoms with Crippen molar-refractivity contribution in [2.75, 3.05) is 7.11 Å². The van der Waals surface area contributed by atoms with Gasteiger partial charge in [-0.15, -0.1) is 0 Å². The third-order valence-corrected chi connectivity index (χ3v) is 5.92. The number of methoxy groups -OCH3 is 1. The molecule has 0 bridgehead atoms.